The fourth-order valence-electron chi connectivity index (χ4n) is 3.61. The molecule has 1 aromatic heterocycles. The number of carbonyl (C=O) groups excluding carboxylic acids is 3. The van der Waals surface area contributed by atoms with E-state index in [9.17, 15) is 27.6 Å². The van der Waals surface area contributed by atoms with Crippen LogP contribution in [-0.2, 0) is 20.4 Å². The van der Waals surface area contributed by atoms with Gasteiger partial charge in [-0.15, -0.1) is 0 Å². The summed E-state index contributed by atoms with van der Waals surface area (Å²) in [4.78, 5) is 42.9. The van der Waals surface area contributed by atoms with Crippen molar-refractivity contribution >= 4 is 34.8 Å². The number of amides is 2. The van der Waals surface area contributed by atoms with Crippen LogP contribution in [0.4, 0.5) is 35.0 Å². The zero-order valence-electron chi connectivity index (χ0n) is 20.9. The zero-order valence-corrected chi connectivity index (χ0v) is 20.9. The molecule has 2 heterocycles. The molecule has 1 aromatic carbocycles. The second-order valence-electron chi connectivity index (χ2n) is 9.33. The number of benzene rings is 1. The van der Waals surface area contributed by atoms with E-state index in [2.05, 4.69) is 15.6 Å². The number of nitrogens with zero attached hydrogens (tertiary/aromatic N) is 3. The lowest BCUT2D eigenvalue weighted by molar-refractivity contribution is -0.137. The number of Topliss-reactive ketones (excluding diaryl/α,β-unsaturated/α-hetero) is 1. The molecule has 0 saturated carbocycles. The van der Waals surface area contributed by atoms with Gasteiger partial charge in [0.2, 0.25) is 5.91 Å². The van der Waals surface area contributed by atoms with Crippen molar-refractivity contribution in [1.29, 1.82) is 5.26 Å². The average Bonchev–Trinajstić information content (AvgIpc) is 2.83. The summed E-state index contributed by atoms with van der Waals surface area (Å²) in [5.74, 6) is -1.60. The summed E-state index contributed by atoms with van der Waals surface area (Å²) in [5.41, 5.74) is -2.65. The van der Waals surface area contributed by atoms with E-state index in [1.807, 2.05) is 0 Å². The first kappa shape index (κ1) is 28.4. The first-order valence-electron chi connectivity index (χ1n) is 11.5. The molecular weight excluding hydrogens is 507 g/mol. The van der Waals surface area contributed by atoms with Gasteiger partial charge in [0.05, 0.1) is 42.3 Å². The monoisotopic (exact) mass is 533 g/mol. The van der Waals surface area contributed by atoms with Crippen LogP contribution in [0, 0.1) is 11.3 Å². The van der Waals surface area contributed by atoms with E-state index < -0.39 is 41.5 Å². The lowest BCUT2D eigenvalue weighted by atomic mass is 10.1. The number of hydrogen-bond acceptors (Lipinski definition) is 8. The van der Waals surface area contributed by atoms with Crippen LogP contribution < -0.4 is 15.5 Å². The van der Waals surface area contributed by atoms with Crippen molar-refractivity contribution in [1.82, 2.24) is 4.98 Å². The molecule has 1 aliphatic heterocycles. The number of rotatable bonds is 6. The minimum Gasteiger partial charge on any atom is -0.444 e. The zero-order chi connectivity index (χ0) is 28.1. The predicted octanol–water partition coefficient (Wildman–Crippen LogP) is 4.37. The Balaban J connectivity index is 1.96. The SMILES string of the molecule is CC(C)(C)OC(=O)Nc1cc(N2CCOCC2)c(C(F)(F)F)cc1NC(=O)CC(=O)c1ccnc(C#N)c1. The van der Waals surface area contributed by atoms with Gasteiger partial charge in [-0.2, -0.15) is 18.4 Å². The molecule has 13 heteroatoms. The minimum absolute atomic E-state index is 0.0337. The summed E-state index contributed by atoms with van der Waals surface area (Å²) in [6, 6.07) is 6.10. The highest BCUT2D eigenvalue weighted by atomic mass is 19.4. The summed E-state index contributed by atoms with van der Waals surface area (Å²) in [5, 5.41) is 13.6. The maximum atomic E-state index is 14.1. The molecule has 1 saturated heterocycles. The van der Waals surface area contributed by atoms with Gasteiger partial charge in [0.15, 0.2) is 5.78 Å². The number of alkyl halides is 3. The van der Waals surface area contributed by atoms with Gasteiger partial charge in [-0.3, -0.25) is 14.9 Å². The van der Waals surface area contributed by atoms with Gasteiger partial charge in [0.1, 0.15) is 17.4 Å². The van der Waals surface area contributed by atoms with E-state index in [0.717, 1.165) is 6.07 Å². The number of ketones is 1. The minimum atomic E-state index is -4.79. The Morgan fingerprint density at radius 1 is 1.11 bits per heavy atom. The van der Waals surface area contributed by atoms with Gasteiger partial charge in [0, 0.05) is 24.8 Å². The highest BCUT2D eigenvalue weighted by Gasteiger charge is 2.37. The van der Waals surface area contributed by atoms with Crippen LogP contribution in [0.25, 0.3) is 0 Å². The molecule has 2 aromatic rings. The van der Waals surface area contributed by atoms with Crippen molar-refractivity contribution in [2.75, 3.05) is 41.8 Å². The Morgan fingerprint density at radius 3 is 2.37 bits per heavy atom. The number of hydrogen-bond donors (Lipinski definition) is 2. The summed E-state index contributed by atoms with van der Waals surface area (Å²) in [6.07, 6.45) is -5.24. The Bertz CT molecular complexity index is 1260. The average molecular weight is 534 g/mol. The summed E-state index contributed by atoms with van der Waals surface area (Å²) in [6.45, 7) is 5.65. The van der Waals surface area contributed by atoms with Crippen molar-refractivity contribution < 1.29 is 37.0 Å². The standard InChI is InChI=1S/C25H26F3N5O5/c1-24(2,3)38-23(36)32-19-12-20(33-6-8-37-9-7-33)17(25(26,27)28)11-18(19)31-22(35)13-21(34)15-4-5-30-16(10-15)14-29/h4-5,10-12H,6-9,13H2,1-3H3,(H,31,35)(H,32,36). The van der Waals surface area contributed by atoms with Crippen molar-refractivity contribution in [2.45, 2.75) is 39.0 Å². The fraction of sp³-hybridized carbons (Fsp3) is 0.400. The first-order chi connectivity index (χ1) is 17.8. The number of nitriles is 1. The number of aromatic nitrogens is 1. The van der Waals surface area contributed by atoms with Crippen molar-refractivity contribution in [3.63, 3.8) is 0 Å². The topological polar surface area (TPSA) is 134 Å². The number of halogens is 3. The number of carbonyl (C=O) groups is 3. The van der Waals surface area contributed by atoms with Gasteiger partial charge < -0.3 is 19.7 Å². The van der Waals surface area contributed by atoms with Gasteiger partial charge in [-0.25, -0.2) is 9.78 Å². The van der Waals surface area contributed by atoms with Crippen LogP contribution in [0.1, 0.15) is 48.8 Å². The van der Waals surface area contributed by atoms with Gasteiger partial charge >= 0.3 is 12.3 Å². The third-order valence-electron chi connectivity index (χ3n) is 5.22. The van der Waals surface area contributed by atoms with E-state index in [-0.39, 0.29) is 54.6 Å². The molecule has 0 radical (unpaired) electrons. The summed E-state index contributed by atoms with van der Waals surface area (Å²) >= 11 is 0. The molecule has 0 spiro atoms. The second-order valence-corrected chi connectivity index (χ2v) is 9.33. The molecule has 0 unspecified atom stereocenters. The number of ether oxygens (including phenoxy) is 2. The Hall–Kier alpha value is -4.18. The van der Waals surface area contributed by atoms with E-state index in [0.29, 0.717) is 6.07 Å². The number of anilines is 3. The number of morpholine rings is 1. The summed E-state index contributed by atoms with van der Waals surface area (Å²) < 4.78 is 52.7. The Morgan fingerprint density at radius 2 is 1.76 bits per heavy atom. The van der Waals surface area contributed by atoms with Gasteiger partial charge in [-0.1, -0.05) is 0 Å². The van der Waals surface area contributed by atoms with Crippen LogP contribution >= 0.6 is 0 Å². The molecular formula is C25H26F3N5O5. The molecule has 1 aliphatic rings. The molecule has 38 heavy (non-hydrogen) atoms. The fourth-order valence-corrected chi connectivity index (χ4v) is 3.61. The largest absolute Gasteiger partial charge is 0.444 e. The molecule has 10 nitrogen and oxygen atoms in total. The first-order valence-corrected chi connectivity index (χ1v) is 11.5. The van der Waals surface area contributed by atoms with Gasteiger partial charge in [0.25, 0.3) is 0 Å². The smallest absolute Gasteiger partial charge is 0.418 e. The molecule has 2 N–H and O–H groups in total. The predicted molar refractivity (Wildman–Crippen MR) is 131 cm³/mol. The summed E-state index contributed by atoms with van der Waals surface area (Å²) in [7, 11) is 0. The molecule has 3 rings (SSSR count). The van der Waals surface area contributed by atoms with Gasteiger partial charge in [-0.05, 0) is 45.0 Å². The van der Waals surface area contributed by atoms with Crippen LogP contribution in [0.2, 0.25) is 0 Å². The third kappa shape index (κ3) is 7.66. The highest BCUT2D eigenvalue weighted by Crippen LogP contribution is 2.42. The van der Waals surface area contributed by atoms with Crippen LogP contribution in [-0.4, -0.2) is 54.7 Å². The van der Waals surface area contributed by atoms with E-state index in [4.69, 9.17) is 14.7 Å². The van der Waals surface area contributed by atoms with Crippen molar-refractivity contribution in [2.24, 2.45) is 0 Å². The normalized spacial score (nSPS) is 13.9. The lowest BCUT2D eigenvalue weighted by Gasteiger charge is -2.32. The molecule has 202 valence electrons. The molecule has 0 bridgehead atoms. The molecule has 1 fully saturated rings. The quantitative estimate of drug-likeness (QED) is 0.413. The Kier molecular flexibility index (Phi) is 8.57. The maximum Gasteiger partial charge on any atom is 0.418 e. The highest BCUT2D eigenvalue weighted by molar-refractivity contribution is 6.12. The number of pyridine rings is 1. The van der Waals surface area contributed by atoms with E-state index in [1.165, 1.54) is 23.2 Å². The lowest BCUT2D eigenvalue weighted by Crippen LogP contribution is -2.37. The third-order valence-corrected chi connectivity index (χ3v) is 5.22. The molecule has 0 atom stereocenters. The van der Waals surface area contributed by atoms with E-state index in [1.54, 1.807) is 26.8 Å². The van der Waals surface area contributed by atoms with E-state index >= 15 is 0 Å². The molecule has 0 aliphatic carbocycles. The number of nitrogens with one attached hydrogen (secondary N) is 2. The van der Waals surface area contributed by atoms with Crippen LogP contribution in [0.15, 0.2) is 30.5 Å². The van der Waals surface area contributed by atoms with Crippen LogP contribution in [0.3, 0.4) is 0 Å². The van der Waals surface area contributed by atoms with Crippen molar-refractivity contribution in [3.05, 3.63) is 47.3 Å². The Labute approximate surface area is 216 Å². The second kappa shape index (κ2) is 11.5. The molecule has 2 amide bonds. The maximum absolute atomic E-state index is 14.1. The van der Waals surface area contributed by atoms with Crippen LogP contribution in [0.5, 0.6) is 0 Å². The van der Waals surface area contributed by atoms with Crippen molar-refractivity contribution in [3.8, 4) is 6.07 Å².